The number of carbonyl (C=O) groups excluding carboxylic acids is 1. The molecule has 0 unspecified atom stereocenters. The Morgan fingerprint density at radius 2 is 2.28 bits per heavy atom. The van der Waals surface area contributed by atoms with E-state index >= 15 is 0 Å². The molecular weight excluding hydrogens is 228 g/mol. The first-order valence-corrected chi connectivity index (χ1v) is 5.91. The van der Waals surface area contributed by atoms with Gasteiger partial charge in [0.1, 0.15) is 12.4 Å². The second-order valence-corrected chi connectivity index (χ2v) is 4.38. The first-order chi connectivity index (χ1) is 8.66. The number of nitrogens with zero attached hydrogens (tertiary/aromatic N) is 1. The van der Waals surface area contributed by atoms with Crippen molar-refractivity contribution in [3.05, 3.63) is 47.8 Å². The van der Waals surface area contributed by atoms with Crippen LogP contribution in [0.2, 0.25) is 0 Å². The molecule has 1 aromatic rings. The lowest BCUT2D eigenvalue weighted by Gasteiger charge is -2.17. The summed E-state index contributed by atoms with van der Waals surface area (Å²) in [5.74, 6) is 0.663. The summed E-state index contributed by atoms with van der Waals surface area (Å²) in [4.78, 5) is 15.8. The Labute approximate surface area is 106 Å². The van der Waals surface area contributed by atoms with Crippen LogP contribution in [-0.4, -0.2) is 23.5 Å². The number of nitrogens with one attached hydrogen (secondary N) is 1. The summed E-state index contributed by atoms with van der Waals surface area (Å²) in [5, 5.41) is 2.84. The maximum absolute atomic E-state index is 11.8. The summed E-state index contributed by atoms with van der Waals surface area (Å²) in [5.41, 5.74) is 1.55. The number of hydrogen-bond donors (Lipinski definition) is 1. The molecule has 4 heteroatoms. The van der Waals surface area contributed by atoms with Crippen LogP contribution in [-0.2, 0) is 9.53 Å². The number of aromatic nitrogens is 1. The second kappa shape index (κ2) is 5.49. The lowest BCUT2D eigenvalue weighted by Crippen LogP contribution is -2.33. The van der Waals surface area contributed by atoms with Crippen molar-refractivity contribution in [2.45, 2.75) is 19.9 Å². The number of rotatable bonds is 3. The van der Waals surface area contributed by atoms with Crippen LogP contribution in [0.5, 0.6) is 0 Å². The molecule has 2 rings (SSSR count). The summed E-state index contributed by atoms with van der Waals surface area (Å²) < 4.78 is 5.57. The number of hydrogen-bond acceptors (Lipinski definition) is 3. The molecule has 0 spiro atoms. The van der Waals surface area contributed by atoms with Crippen molar-refractivity contribution in [2.75, 3.05) is 6.61 Å². The number of pyridine rings is 1. The molecule has 0 fully saturated rings. The van der Waals surface area contributed by atoms with Gasteiger partial charge < -0.3 is 10.1 Å². The monoisotopic (exact) mass is 244 g/mol. The largest absolute Gasteiger partial charge is 0.488 e. The van der Waals surface area contributed by atoms with Gasteiger partial charge in [0.05, 0.1) is 5.57 Å². The van der Waals surface area contributed by atoms with Crippen LogP contribution in [0.4, 0.5) is 0 Å². The zero-order chi connectivity index (χ0) is 13.0. The molecule has 1 aliphatic heterocycles. The van der Waals surface area contributed by atoms with E-state index in [1.807, 2.05) is 26.0 Å². The van der Waals surface area contributed by atoms with E-state index in [0.29, 0.717) is 12.2 Å². The first-order valence-electron chi connectivity index (χ1n) is 5.91. The fourth-order valence-corrected chi connectivity index (χ4v) is 1.61. The molecule has 0 saturated carbocycles. The molecular formula is C14H16N2O2. The van der Waals surface area contributed by atoms with Gasteiger partial charge in [-0.05, 0) is 38.1 Å². The average molecular weight is 244 g/mol. The molecule has 0 bridgehead atoms. The standard InChI is InChI=1S/C14H16N2O2/c1-10(2)16-14(17)12-5-6-13(18-9-12)11-4-3-7-15-8-11/h3-8,10H,9H2,1-2H3,(H,16,17). The Bertz CT molecular complexity index is 490. The molecule has 18 heavy (non-hydrogen) atoms. The zero-order valence-electron chi connectivity index (χ0n) is 10.5. The molecule has 0 radical (unpaired) electrons. The van der Waals surface area contributed by atoms with Crippen molar-refractivity contribution >= 4 is 11.7 Å². The van der Waals surface area contributed by atoms with Crippen LogP contribution in [0, 0.1) is 0 Å². The average Bonchev–Trinajstić information content (AvgIpc) is 2.39. The van der Waals surface area contributed by atoms with Crippen LogP contribution in [0.3, 0.4) is 0 Å². The lowest BCUT2D eigenvalue weighted by atomic mass is 10.1. The van der Waals surface area contributed by atoms with E-state index in [4.69, 9.17) is 4.74 Å². The third kappa shape index (κ3) is 2.97. The van der Waals surface area contributed by atoms with Gasteiger partial charge in [-0.3, -0.25) is 9.78 Å². The Morgan fingerprint density at radius 1 is 1.44 bits per heavy atom. The van der Waals surface area contributed by atoms with Gasteiger partial charge in [0.25, 0.3) is 5.91 Å². The molecule has 1 N–H and O–H groups in total. The minimum atomic E-state index is -0.0773. The van der Waals surface area contributed by atoms with E-state index in [1.54, 1.807) is 24.5 Å². The number of carbonyl (C=O) groups is 1. The Morgan fingerprint density at radius 3 is 2.83 bits per heavy atom. The molecule has 0 saturated heterocycles. The minimum Gasteiger partial charge on any atom is -0.488 e. The van der Waals surface area contributed by atoms with Crippen LogP contribution < -0.4 is 5.32 Å². The number of ether oxygens (including phenoxy) is 1. The normalized spacial score (nSPS) is 14.6. The fraction of sp³-hybridized carbons (Fsp3) is 0.286. The van der Waals surface area contributed by atoms with Crippen molar-refractivity contribution < 1.29 is 9.53 Å². The lowest BCUT2D eigenvalue weighted by molar-refractivity contribution is -0.118. The highest BCUT2D eigenvalue weighted by Crippen LogP contribution is 2.20. The first kappa shape index (κ1) is 12.4. The molecule has 0 atom stereocenters. The summed E-state index contributed by atoms with van der Waals surface area (Å²) in [6, 6.07) is 3.90. The zero-order valence-corrected chi connectivity index (χ0v) is 10.5. The second-order valence-electron chi connectivity index (χ2n) is 4.38. The van der Waals surface area contributed by atoms with Gasteiger partial charge >= 0.3 is 0 Å². The van der Waals surface area contributed by atoms with Crippen LogP contribution in [0.1, 0.15) is 19.4 Å². The SMILES string of the molecule is CC(C)NC(=O)C1=CC=C(c2cccnc2)OC1. The highest BCUT2D eigenvalue weighted by molar-refractivity contribution is 5.95. The summed E-state index contributed by atoms with van der Waals surface area (Å²) in [7, 11) is 0. The molecule has 0 aliphatic carbocycles. The maximum atomic E-state index is 11.8. The topological polar surface area (TPSA) is 51.2 Å². The third-order valence-corrected chi connectivity index (χ3v) is 2.48. The van der Waals surface area contributed by atoms with Crippen LogP contribution in [0.25, 0.3) is 5.76 Å². The van der Waals surface area contributed by atoms with Gasteiger partial charge in [-0.15, -0.1) is 0 Å². The van der Waals surface area contributed by atoms with Gasteiger partial charge in [-0.2, -0.15) is 0 Å². The predicted octanol–water partition coefficient (Wildman–Crippen LogP) is 1.90. The van der Waals surface area contributed by atoms with Crippen molar-refractivity contribution in [3.8, 4) is 0 Å². The third-order valence-electron chi connectivity index (χ3n) is 2.48. The fourth-order valence-electron chi connectivity index (χ4n) is 1.61. The van der Waals surface area contributed by atoms with E-state index in [0.717, 1.165) is 11.3 Å². The van der Waals surface area contributed by atoms with Crippen molar-refractivity contribution in [1.29, 1.82) is 0 Å². The van der Waals surface area contributed by atoms with Crippen LogP contribution >= 0.6 is 0 Å². The maximum Gasteiger partial charge on any atom is 0.250 e. The van der Waals surface area contributed by atoms with Gasteiger partial charge in [-0.25, -0.2) is 0 Å². The van der Waals surface area contributed by atoms with E-state index in [9.17, 15) is 4.79 Å². The van der Waals surface area contributed by atoms with Gasteiger partial charge in [0, 0.05) is 24.0 Å². The summed E-state index contributed by atoms with van der Waals surface area (Å²) in [6.07, 6.45) is 7.04. The summed E-state index contributed by atoms with van der Waals surface area (Å²) >= 11 is 0. The van der Waals surface area contributed by atoms with Gasteiger partial charge in [-0.1, -0.05) is 0 Å². The van der Waals surface area contributed by atoms with E-state index in [1.165, 1.54) is 0 Å². The van der Waals surface area contributed by atoms with Crippen molar-refractivity contribution in [3.63, 3.8) is 0 Å². The molecule has 1 aromatic heterocycles. The Kier molecular flexibility index (Phi) is 3.77. The Hall–Kier alpha value is -2.10. The molecule has 0 aromatic carbocycles. The Balaban J connectivity index is 2.10. The molecule has 1 amide bonds. The minimum absolute atomic E-state index is 0.0773. The van der Waals surface area contributed by atoms with Gasteiger partial charge in [0.15, 0.2) is 0 Å². The van der Waals surface area contributed by atoms with Crippen LogP contribution in [0.15, 0.2) is 42.3 Å². The van der Waals surface area contributed by atoms with Gasteiger partial charge in [0.2, 0.25) is 0 Å². The summed E-state index contributed by atoms with van der Waals surface area (Å²) in [6.45, 7) is 4.15. The molecule has 4 nitrogen and oxygen atoms in total. The van der Waals surface area contributed by atoms with E-state index in [2.05, 4.69) is 10.3 Å². The molecule has 1 aliphatic rings. The molecule has 94 valence electrons. The van der Waals surface area contributed by atoms with Crippen molar-refractivity contribution in [2.24, 2.45) is 0 Å². The number of amides is 1. The quantitative estimate of drug-likeness (QED) is 0.883. The smallest absolute Gasteiger partial charge is 0.250 e. The van der Waals surface area contributed by atoms with E-state index in [-0.39, 0.29) is 11.9 Å². The highest BCUT2D eigenvalue weighted by Gasteiger charge is 2.15. The predicted molar refractivity (Wildman–Crippen MR) is 69.5 cm³/mol. The highest BCUT2D eigenvalue weighted by atomic mass is 16.5. The van der Waals surface area contributed by atoms with Crippen molar-refractivity contribution in [1.82, 2.24) is 10.3 Å². The molecule has 2 heterocycles. The van der Waals surface area contributed by atoms with E-state index < -0.39 is 0 Å². The number of allylic oxidation sites excluding steroid dienone is 2.